The van der Waals surface area contributed by atoms with Crippen molar-refractivity contribution in [2.45, 2.75) is 0 Å². The van der Waals surface area contributed by atoms with E-state index < -0.39 is 0 Å². The molecule has 0 saturated carbocycles. The summed E-state index contributed by atoms with van der Waals surface area (Å²) in [5, 5.41) is 0. The molecule has 0 N–H and O–H groups in total. The summed E-state index contributed by atoms with van der Waals surface area (Å²) >= 11 is 0. The quantitative estimate of drug-likeness (QED) is 0.512. The Hall–Kier alpha value is -0.341. The second-order valence-corrected chi connectivity index (χ2v) is 0. The van der Waals surface area contributed by atoms with Crippen LogP contribution in [0.25, 0.3) is 0 Å². The predicted octanol–water partition coefficient (Wildman–Crippen LogP) is -0.557. The molecule has 43 valence electrons. The van der Waals surface area contributed by atoms with Crippen molar-refractivity contribution in [1.82, 2.24) is 0 Å². The molecule has 0 aliphatic carbocycles. The maximum atomic E-state index is 8.00. The van der Waals surface area contributed by atoms with Crippen molar-refractivity contribution < 1.29 is 34.5 Å². The predicted molar refractivity (Wildman–Crippen MR) is 21.4 cm³/mol. The summed E-state index contributed by atoms with van der Waals surface area (Å²) in [7, 11) is 0. The van der Waals surface area contributed by atoms with E-state index in [2.05, 4.69) is 0 Å². The molecule has 0 saturated heterocycles. The Morgan fingerprint density at radius 1 is 0.571 bits per heavy atom. The molecule has 4 heteroatoms. The molecule has 1 radical (unpaired) electrons. The van der Waals surface area contributed by atoms with Crippen LogP contribution in [0.15, 0.2) is 0 Å². The van der Waals surface area contributed by atoms with E-state index in [1.165, 1.54) is 0 Å². The molecule has 0 bridgehead atoms. The van der Waals surface area contributed by atoms with E-state index >= 15 is 0 Å². The first-order valence-electron chi connectivity index (χ1n) is 0.866. The number of hydrogen-bond acceptors (Lipinski definition) is 3. The van der Waals surface area contributed by atoms with Gasteiger partial charge in [-0.1, -0.05) is 0 Å². The van der Waals surface area contributed by atoms with Crippen LogP contribution in [0.2, 0.25) is 0 Å². The minimum atomic E-state index is 0. The van der Waals surface area contributed by atoms with Gasteiger partial charge in [0.15, 0.2) is 0 Å². The van der Waals surface area contributed by atoms with Gasteiger partial charge in [-0.15, -0.1) is 0 Å². The fraction of sp³-hybridized carbons (Fsp3) is 0. The number of carbonyl (C=O) groups excluding carboxylic acids is 3. The van der Waals surface area contributed by atoms with Crippen LogP contribution in [-0.2, 0) is 34.5 Å². The zero-order valence-corrected chi connectivity index (χ0v) is 5.58. The molecule has 0 aromatic heterocycles. The monoisotopic (exact) mass is 187 g/mol. The van der Waals surface area contributed by atoms with E-state index in [0.717, 1.165) is 0 Å². The maximum Gasteiger partial charge on any atom is 0.106 e. The van der Waals surface area contributed by atoms with Crippen LogP contribution >= 0.6 is 0 Å². The van der Waals surface area contributed by atoms with Gasteiger partial charge < -0.3 is 14.4 Å². The number of rotatable bonds is 0. The van der Waals surface area contributed by atoms with Crippen molar-refractivity contribution in [2.24, 2.45) is 0 Å². The van der Waals surface area contributed by atoms with Crippen molar-refractivity contribution in [3.63, 3.8) is 0 Å². The number of hydrogen-bond donors (Lipinski definition) is 0. The largest absolute Gasteiger partial charge is 0.307 e. The Morgan fingerprint density at radius 3 is 0.571 bits per heavy atom. The Labute approximate surface area is 55.4 Å². The standard InChI is InChI=1S/3CH2O.Tc/c3*1-2;/h3*1H2;. The normalized spacial score (nSPS) is 1.71. The van der Waals surface area contributed by atoms with Gasteiger partial charge in [0, 0.05) is 20.1 Å². The van der Waals surface area contributed by atoms with Gasteiger partial charge in [0.1, 0.15) is 20.4 Å². The molecule has 7 heavy (non-hydrogen) atoms. The zero-order chi connectivity index (χ0) is 6.00. The average molecular weight is 188 g/mol. The second kappa shape index (κ2) is 1060. The van der Waals surface area contributed by atoms with Gasteiger partial charge in [-0.05, 0) is 0 Å². The van der Waals surface area contributed by atoms with Crippen molar-refractivity contribution >= 4 is 20.4 Å². The third-order valence-electron chi connectivity index (χ3n) is 0. The molecule has 0 rings (SSSR count). The summed E-state index contributed by atoms with van der Waals surface area (Å²) in [5.74, 6) is 0. The van der Waals surface area contributed by atoms with Gasteiger partial charge in [-0.25, -0.2) is 0 Å². The first-order valence-corrected chi connectivity index (χ1v) is 0.866. The molecule has 0 fully saturated rings. The summed E-state index contributed by atoms with van der Waals surface area (Å²) in [6, 6.07) is 0. The SMILES string of the molecule is C=O.C=O.C=O.[Tc]. The van der Waals surface area contributed by atoms with Gasteiger partial charge in [0.25, 0.3) is 0 Å². The minimum Gasteiger partial charge on any atom is -0.307 e. The molecule has 0 unspecified atom stereocenters. The van der Waals surface area contributed by atoms with Crippen LogP contribution in [0.1, 0.15) is 0 Å². The summed E-state index contributed by atoms with van der Waals surface area (Å²) in [6.45, 7) is 6.00. The second-order valence-electron chi connectivity index (χ2n) is 0. The molecule has 0 spiro atoms. The van der Waals surface area contributed by atoms with Crippen molar-refractivity contribution in [3.05, 3.63) is 0 Å². The van der Waals surface area contributed by atoms with Crippen LogP contribution in [0.3, 0.4) is 0 Å². The first-order chi connectivity index (χ1) is 3.00. The van der Waals surface area contributed by atoms with Crippen LogP contribution in [-0.4, -0.2) is 20.4 Å². The van der Waals surface area contributed by atoms with Gasteiger partial charge in [0.05, 0.1) is 0 Å². The molecule has 3 nitrogen and oxygen atoms in total. The van der Waals surface area contributed by atoms with Crippen LogP contribution in [0.5, 0.6) is 0 Å². The topological polar surface area (TPSA) is 51.2 Å². The molecular weight excluding hydrogens is 182 g/mol. The first kappa shape index (κ1) is 30.2. The fourth-order valence-corrected chi connectivity index (χ4v) is 0. The van der Waals surface area contributed by atoms with Crippen molar-refractivity contribution in [3.8, 4) is 0 Å². The Bertz CT molecular complexity index is 14.9. The van der Waals surface area contributed by atoms with Crippen LogP contribution in [0.4, 0.5) is 0 Å². The van der Waals surface area contributed by atoms with Gasteiger partial charge in [-0.2, -0.15) is 0 Å². The average Bonchev–Trinajstić information content (AvgIpc) is 1.81. The third-order valence-corrected chi connectivity index (χ3v) is 0. The number of carbonyl (C=O) groups is 3. The van der Waals surface area contributed by atoms with E-state index in [9.17, 15) is 0 Å². The summed E-state index contributed by atoms with van der Waals surface area (Å²) < 4.78 is 0. The smallest absolute Gasteiger partial charge is 0.106 e. The summed E-state index contributed by atoms with van der Waals surface area (Å²) in [6.07, 6.45) is 0. The fourth-order valence-electron chi connectivity index (χ4n) is 0. The van der Waals surface area contributed by atoms with E-state index in [0.29, 0.717) is 0 Å². The molecule has 0 atom stereocenters. The molecule has 0 aliphatic rings. The molecule has 0 aliphatic heterocycles. The maximum absolute atomic E-state index is 8.00. The van der Waals surface area contributed by atoms with Gasteiger partial charge in [0.2, 0.25) is 0 Å². The van der Waals surface area contributed by atoms with Gasteiger partial charge in [-0.3, -0.25) is 0 Å². The third kappa shape index (κ3) is 653. The Kier molecular flexibility index (Phi) is 4560. The van der Waals surface area contributed by atoms with Crippen LogP contribution < -0.4 is 0 Å². The van der Waals surface area contributed by atoms with E-state index in [1.807, 2.05) is 20.4 Å². The van der Waals surface area contributed by atoms with E-state index in [-0.39, 0.29) is 20.1 Å². The minimum absolute atomic E-state index is 0. The Morgan fingerprint density at radius 2 is 0.571 bits per heavy atom. The molecule has 0 heterocycles. The molecular formula is C3H6O3Tc. The van der Waals surface area contributed by atoms with Crippen LogP contribution in [0, 0.1) is 0 Å². The molecule has 0 aromatic rings. The molecule has 0 amide bonds. The summed E-state index contributed by atoms with van der Waals surface area (Å²) in [4.78, 5) is 24.0. The van der Waals surface area contributed by atoms with Crippen molar-refractivity contribution in [1.29, 1.82) is 0 Å². The van der Waals surface area contributed by atoms with E-state index in [4.69, 9.17) is 14.4 Å². The molecule has 0 aromatic carbocycles. The van der Waals surface area contributed by atoms with Crippen molar-refractivity contribution in [2.75, 3.05) is 0 Å². The van der Waals surface area contributed by atoms with E-state index in [1.54, 1.807) is 0 Å². The zero-order valence-electron chi connectivity index (χ0n) is 3.72. The van der Waals surface area contributed by atoms with Gasteiger partial charge >= 0.3 is 0 Å². The Balaban J connectivity index is -0.00000000900. The summed E-state index contributed by atoms with van der Waals surface area (Å²) in [5.41, 5.74) is 0.